The van der Waals surface area contributed by atoms with E-state index in [0.29, 0.717) is 17.0 Å². The molecule has 0 spiro atoms. The van der Waals surface area contributed by atoms with Gasteiger partial charge in [-0.1, -0.05) is 12.1 Å². The first-order chi connectivity index (χ1) is 13.7. The number of anilines is 1. The average molecular weight is 378 g/mol. The number of ether oxygens (including phenoxy) is 2. The van der Waals surface area contributed by atoms with Gasteiger partial charge in [-0.05, 0) is 61.6 Å². The molecule has 0 saturated carbocycles. The van der Waals surface area contributed by atoms with Crippen LogP contribution in [0.4, 0.5) is 5.69 Å². The molecule has 1 amide bonds. The van der Waals surface area contributed by atoms with E-state index in [2.05, 4.69) is 10.3 Å². The fourth-order valence-electron chi connectivity index (χ4n) is 3.68. The predicted molar refractivity (Wildman–Crippen MR) is 107 cm³/mol. The number of fused-ring (bicyclic) bond motifs is 3. The van der Waals surface area contributed by atoms with Gasteiger partial charge in [0.1, 0.15) is 5.75 Å². The van der Waals surface area contributed by atoms with Crippen molar-refractivity contribution >= 4 is 28.5 Å². The molecule has 1 aliphatic carbocycles. The van der Waals surface area contributed by atoms with Gasteiger partial charge < -0.3 is 19.8 Å². The molecule has 1 aromatic heterocycles. The van der Waals surface area contributed by atoms with Crippen molar-refractivity contribution in [1.29, 1.82) is 0 Å². The van der Waals surface area contributed by atoms with Crippen molar-refractivity contribution in [2.75, 3.05) is 19.0 Å². The standard InChI is InChI=1S/C22H22N2O4/c1-27-20-9-5-4-8-19(20)24-21(25)13-28-22(26)14-10-11-18-16(12-14)15-6-2-3-7-17(15)23-18/h4-5,8-12,23H,2-3,6-7,13H2,1H3,(H,24,25). The second kappa shape index (κ2) is 7.76. The summed E-state index contributed by atoms with van der Waals surface area (Å²) in [6, 6.07) is 12.6. The number of para-hydroxylation sites is 2. The summed E-state index contributed by atoms with van der Waals surface area (Å²) in [5.41, 5.74) is 4.58. The van der Waals surface area contributed by atoms with Crippen molar-refractivity contribution in [3.8, 4) is 5.75 Å². The topological polar surface area (TPSA) is 80.4 Å². The number of amides is 1. The van der Waals surface area contributed by atoms with Crippen LogP contribution in [0.5, 0.6) is 5.75 Å². The van der Waals surface area contributed by atoms with E-state index in [9.17, 15) is 9.59 Å². The number of hydrogen-bond acceptors (Lipinski definition) is 4. The van der Waals surface area contributed by atoms with Crippen LogP contribution >= 0.6 is 0 Å². The molecule has 144 valence electrons. The van der Waals surface area contributed by atoms with Crippen molar-refractivity contribution in [3.05, 3.63) is 59.3 Å². The number of methoxy groups -OCH3 is 1. The Hall–Kier alpha value is -3.28. The maximum absolute atomic E-state index is 12.4. The van der Waals surface area contributed by atoms with Crippen molar-refractivity contribution in [2.24, 2.45) is 0 Å². The summed E-state index contributed by atoms with van der Waals surface area (Å²) >= 11 is 0. The number of carbonyl (C=O) groups is 2. The van der Waals surface area contributed by atoms with Crippen LogP contribution in [0, 0.1) is 0 Å². The molecular formula is C22H22N2O4. The predicted octanol–water partition coefficient (Wildman–Crippen LogP) is 3.85. The number of aromatic nitrogens is 1. The van der Waals surface area contributed by atoms with Crippen LogP contribution in [-0.4, -0.2) is 30.6 Å². The smallest absolute Gasteiger partial charge is 0.338 e. The van der Waals surface area contributed by atoms with Crippen LogP contribution in [0.3, 0.4) is 0 Å². The zero-order valence-electron chi connectivity index (χ0n) is 15.7. The van der Waals surface area contributed by atoms with Crippen LogP contribution < -0.4 is 10.1 Å². The highest BCUT2D eigenvalue weighted by molar-refractivity contribution is 5.98. The number of aryl methyl sites for hydroxylation is 2. The first-order valence-corrected chi connectivity index (χ1v) is 9.39. The first-order valence-electron chi connectivity index (χ1n) is 9.39. The van der Waals surface area contributed by atoms with Gasteiger partial charge in [0.25, 0.3) is 5.91 Å². The molecule has 0 bridgehead atoms. The number of rotatable bonds is 5. The fourth-order valence-corrected chi connectivity index (χ4v) is 3.68. The zero-order chi connectivity index (χ0) is 19.5. The molecule has 0 aliphatic heterocycles. The molecule has 0 saturated heterocycles. The molecule has 0 fully saturated rings. The molecular weight excluding hydrogens is 356 g/mol. The maximum Gasteiger partial charge on any atom is 0.338 e. The first kappa shape index (κ1) is 18.1. The fraction of sp³-hybridized carbons (Fsp3) is 0.273. The Bertz CT molecular complexity index is 1040. The number of carbonyl (C=O) groups excluding carboxylic acids is 2. The molecule has 6 nitrogen and oxygen atoms in total. The normalized spacial score (nSPS) is 13.0. The molecule has 1 aliphatic rings. The largest absolute Gasteiger partial charge is 0.495 e. The highest BCUT2D eigenvalue weighted by Gasteiger charge is 2.18. The van der Waals surface area contributed by atoms with Crippen LogP contribution in [-0.2, 0) is 22.4 Å². The summed E-state index contributed by atoms with van der Waals surface area (Å²) in [5, 5.41) is 3.76. The van der Waals surface area contributed by atoms with E-state index in [1.165, 1.54) is 24.8 Å². The molecule has 2 N–H and O–H groups in total. The van der Waals surface area contributed by atoms with Crippen LogP contribution in [0.25, 0.3) is 10.9 Å². The summed E-state index contributed by atoms with van der Waals surface area (Å²) in [6.45, 7) is -0.361. The Balaban J connectivity index is 1.43. The number of hydrogen-bond donors (Lipinski definition) is 2. The molecule has 4 rings (SSSR count). The second-order valence-corrected chi connectivity index (χ2v) is 6.87. The second-order valence-electron chi connectivity index (χ2n) is 6.87. The van der Waals surface area contributed by atoms with E-state index >= 15 is 0 Å². The van der Waals surface area contributed by atoms with Crippen LogP contribution in [0.1, 0.15) is 34.5 Å². The van der Waals surface area contributed by atoms with E-state index in [0.717, 1.165) is 30.2 Å². The average Bonchev–Trinajstić information content (AvgIpc) is 3.10. The third kappa shape index (κ3) is 3.58. The van der Waals surface area contributed by atoms with Gasteiger partial charge in [-0.25, -0.2) is 4.79 Å². The van der Waals surface area contributed by atoms with Gasteiger partial charge in [0.15, 0.2) is 6.61 Å². The van der Waals surface area contributed by atoms with Crippen molar-refractivity contribution in [2.45, 2.75) is 25.7 Å². The lowest BCUT2D eigenvalue weighted by Crippen LogP contribution is -2.21. The maximum atomic E-state index is 12.4. The van der Waals surface area contributed by atoms with E-state index in [-0.39, 0.29) is 6.61 Å². The lowest BCUT2D eigenvalue weighted by Gasteiger charge is -2.11. The zero-order valence-corrected chi connectivity index (χ0v) is 15.7. The minimum Gasteiger partial charge on any atom is -0.495 e. The number of aromatic amines is 1. The third-order valence-corrected chi connectivity index (χ3v) is 5.05. The Kier molecular flexibility index (Phi) is 5.02. The lowest BCUT2D eigenvalue weighted by molar-refractivity contribution is -0.119. The summed E-state index contributed by atoms with van der Waals surface area (Å²) < 4.78 is 10.4. The molecule has 1 heterocycles. The Morgan fingerprint density at radius 3 is 2.79 bits per heavy atom. The summed E-state index contributed by atoms with van der Waals surface area (Å²) in [6.07, 6.45) is 4.43. The molecule has 28 heavy (non-hydrogen) atoms. The monoisotopic (exact) mass is 378 g/mol. The highest BCUT2D eigenvalue weighted by Crippen LogP contribution is 2.30. The van der Waals surface area contributed by atoms with Gasteiger partial charge >= 0.3 is 5.97 Å². The van der Waals surface area contributed by atoms with Gasteiger partial charge in [-0.2, -0.15) is 0 Å². The lowest BCUT2D eigenvalue weighted by atomic mass is 9.95. The van der Waals surface area contributed by atoms with E-state index < -0.39 is 11.9 Å². The van der Waals surface area contributed by atoms with Gasteiger partial charge in [0.05, 0.1) is 18.4 Å². The summed E-state index contributed by atoms with van der Waals surface area (Å²) in [5.74, 6) is -0.384. The number of H-pyrrole nitrogens is 1. The Labute approximate surface area is 162 Å². The molecule has 2 aromatic carbocycles. The Morgan fingerprint density at radius 1 is 1.11 bits per heavy atom. The minimum absolute atomic E-state index is 0.361. The van der Waals surface area contributed by atoms with E-state index in [1.54, 1.807) is 24.3 Å². The van der Waals surface area contributed by atoms with Crippen LogP contribution in [0.2, 0.25) is 0 Å². The van der Waals surface area contributed by atoms with Gasteiger partial charge in [0, 0.05) is 16.6 Å². The van der Waals surface area contributed by atoms with E-state index in [1.807, 2.05) is 18.2 Å². The van der Waals surface area contributed by atoms with Gasteiger partial charge in [-0.15, -0.1) is 0 Å². The Morgan fingerprint density at radius 2 is 1.93 bits per heavy atom. The minimum atomic E-state index is -0.511. The third-order valence-electron chi connectivity index (χ3n) is 5.05. The number of benzene rings is 2. The van der Waals surface area contributed by atoms with Crippen molar-refractivity contribution < 1.29 is 19.1 Å². The van der Waals surface area contributed by atoms with Gasteiger partial charge in [-0.3, -0.25) is 4.79 Å². The molecule has 0 radical (unpaired) electrons. The van der Waals surface area contributed by atoms with Gasteiger partial charge in [0.2, 0.25) is 0 Å². The van der Waals surface area contributed by atoms with E-state index in [4.69, 9.17) is 9.47 Å². The molecule has 0 unspecified atom stereocenters. The summed E-state index contributed by atoms with van der Waals surface area (Å²) in [4.78, 5) is 28.0. The van der Waals surface area contributed by atoms with Crippen LogP contribution in [0.15, 0.2) is 42.5 Å². The number of esters is 1. The number of nitrogens with one attached hydrogen (secondary N) is 2. The summed E-state index contributed by atoms with van der Waals surface area (Å²) in [7, 11) is 1.53. The van der Waals surface area contributed by atoms with Crippen molar-refractivity contribution in [3.63, 3.8) is 0 Å². The quantitative estimate of drug-likeness (QED) is 0.661. The highest BCUT2D eigenvalue weighted by atomic mass is 16.5. The SMILES string of the molecule is COc1ccccc1NC(=O)COC(=O)c1ccc2[nH]c3c(c2c1)CCCC3. The molecule has 6 heteroatoms. The molecule has 3 aromatic rings. The van der Waals surface area contributed by atoms with Crippen molar-refractivity contribution in [1.82, 2.24) is 4.98 Å². The molecule has 0 atom stereocenters.